The van der Waals surface area contributed by atoms with Crippen LogP contribution in [-0.2, 0) is 11.2 Å². The second-order valence-electron chi connectivity index (χ2n) is 4.97. The summed E-state index contributed by atoms with van der Waals surface area (Å²) in [5.74, 6) is 1.33. The van der Waals surface area contributed by atoms with Gasteiger partial charge < -0.3 is 0 Å². The van der Waals surface area contributed by atoms with Gasteiger partial charge in [0.05, 0.1) is 0 Å². The number of allylic oxidation sites excluding steroid dienone is 4. The molecule has 3 rings (SSSR count). The molecule has 0 N–H and O–H groups in total. The molecular formula is C16H16O. The fourth-order valence-electron chi connectivity index (χ4n) is 3.02. The fourth-order valence-corrected chi connectivity index (χ4v) is 3.02. The molecule has 1 fully saturated rings. The molecule has 2 aliphatic carbocycles. The third kappa shape index (κ3) is 1.97. The van der Waals surface area contributed by atoms with Crippen molar-refractivity contribution < 1.29 is 4.79 Å². The van der Waals surface area contributed by atoms with Gasteiger partial charge in [0, 0.05) is 6.42 Å². The molecule has 1 heteroatoms. The molecule has 0 aliphatic heterocycles. The van der Waals surface area contributed by atoms with Gasteiger partial charge in [-0.3, -0.25) is 4.79 Å². The summed E-state index contributed by atoms with van der Waals surface area (Å²) in [6, 6.07) is 10.5. The third-order valence-electron chi connectivity index (χ3n) is 3.88. The maximum absolute atomic E-state index is 11.9. The number of fused-ring (bicyclic) bond motifs is 1. The van der Waals surface area contributed by atoms with Crippen LogP contribution in [0, 0.1) is 11.8 Å². The molecule has 0 radical (unpaired) electrons. The van der Waals surface area contributed by atoms with Gasteiger partial charge in [0.2, 0.25) is 0 Å². The first-order valence-corrected chi connectivity index (χ1v) is 6.28. The number of benzene rings is 1. The zero-order valence-corrected chi connectivity index (χ0v) is 9.80. The topological polar surface area (TPSA) is 17.1 Å². The predicted octanol–water partition coefficient (Wildman–Crippen LogP) is 3.32. The Morgan fingerprint density at radius 2 is 2.00 bits per heavy atom. The largest absolute Gasteiger partial charge is 0.295 e. The first-order valence-electron chi connectivity index (χ1n) is 6.28. The van der Waals surface area contributed by atoms with E-state index in [0.29, 0.717) is 17.6 Å². The minimum atomic E-state index is 0.361. The highest BCUT2D eigenvalue weighted by Crippen LogP contribution is 2.40. The fraction of sp³-hybridized carbons (Fsp3) is 0.312. The van der Waals surface area contributed by atoms with Crippen molar-refractivity contribution in [1.82, 2.24) is 0 Å². The van der Waals surface area contributed by atoms with E-state index in [-0.39, 0.29) is 0 Å². The van der Waals surface area contributed by atoms with E-state index in [2.05, 4.69) is 30.3 Å². The van der Waals surface area contributed by atoms with Crippen LogP contribution >= 0.6 is 0 Å². The quantitative estimate of drug-likeness (QED) is 0.753. The maximum atomic E-state index is 11.9. The van der Waals surface area contributed by atoms with Gasteiger partial charge in [-0.15, -0.1) is 0 Å². The summed E-state index contributed by atoms with van der Waals surface area (Å²) >= 11 is 0. The summed E-state index contributed by atoms with van der Waals surface area (Å²) in [6.45, 7) is 0. The Kier molecular flexibility index (Phi) is 2.68. The third-order valence-corrected chi connectivity index (χ3v) is 3.88. The summed E-state index contributed by atoms with van der Waals surface area (Å²) in [4.78, 5) is 11.9. The van der Waals surface area contributed by atoms with Gasteiger partial charge >= 0.3 is 0 Å². The normalized spacial score (nSPS) is 26.8. The highest BCUT2D eigenvalue weighted by Gasteiger charge is 2.37. The maximum Gasteiger partial charge on any atom is 0.159 e. The lowest BCUT2D eigenvalue weighted by Gasteiger charge is -2.20. The summed E-state index contributed by atoms with van der Waals surface area (Å²) in [7, 11) is 0. The minimum Gasteiger partial charge on any atom is -0.295 e. The van der Waals surface area contributed by atoms with Crippen LogP contribution in [0.1, 0.15) is 18.4 Å². The van der Waals surface area contributed by atoms with Crippen LogP contribution in [0.5, 0.6) is 0 Å². The second kappa shape index (κ2) is 4.33. The van der Waals surface area contributed by atoms with Crippen molar-refractivity contribution in [2.45, 2.75) is 19.3 Å². The van der Waals surface area contributed by atoms with Gasteiger partial charge in [-0.05, 0) is 35.8 Å². The van der Waals surface area contributed by atoms with Crippen molar-refractivity contribution in [2.75, 3.05) is 0 Å². The summed E-state index contributed by atoms with van der Waals surface area (Å²) in [5.41, 5.74) is 2.41. The second-order valence-corrected chi connectivity index (χ2v) is 4.97. The first kappa shape index (κ1) is 10.5. The SMILES string of the molecule is O=C1CC(Cc2ccccc2)C2CC=CC=C12. The summed E-state index contributed by atoms with van der Waals surface area (Å²) in [6.07, 6.45) is 9.02. The molecule has 17 heavy (non-hydrogen) atoms. The van der Waals surface area contributed by atoms with Crippen LogP contribution in [0.25, 0.3) is 0 Å². The van der Waals surface area contributed by atoms with Crippen molar-refractivity contribution in [3.8, 4) is 0 Å². The molecule has 0 bridgehead atoms. The number of hydrogen-bond acceptors (Lipinski definition) is 1. The van der Waals surface area contributed by atoms with Gasteiger partial charge in [-0.1, -0.05) is 48.6 Å². The summed E-state index contributed by atoms with van der Waals surface area (Å²) in [5, 5.41) is 0. The van der Waals surface area contributed by atoms with Gasteiger partial charge in [0.25, 0.3) is 0 Å². The van der Waals surface area contributed by atoms with Crippen LogP contribution in [0.2, 0.25) is 0 Å². The molecular weight excluding hydrogens is 208 g/mol. The number of hydrogen-bond donors (Lipinski definition) is 0. The van der Waals surface area contributed by atoms with E-state index in [9.17, 15) is 4.79 Å². The predicted molar refractivity (Wildman–Crippen MR) is 68.6 cm³/mol. The molecule has 0 amide bonds. The molecule has 1 nitrogen and oxygen atoms in total. The molecule has 0 saturated heterocycles. The number of carbonyl (C=O) groups excluding carboxylic acids is 1. The molecule has 86 valence electrons. The Morgan fingerprint density at radius 1 is 1.18 bits per heavy atom. The number of rotatable bonds is 2. The van der Waals surface area contributed by atoms with Gasteiger partial charge in [0.15, 0.2) is 5.78 Å². The average Bonchev–Trinajstić information content (AvgIpc) is 2.69. The Balaban J connectivity index is 1.80. The number of ketones is 1. The molecule has 0 spiro atoms. The number of Topliss-reactive ketones (excluding diaryl/α,β-unsaturated/α-hetero) is 1. The lowest BCUT2D eigenvalue weighted by atomic mass is 9.84. The van der Waals surface area contributed by atoms with Crippen molar-refractivity contribution >= 4 is 5.78 Å². The smallest absolute Gasteiger partial charge is 0.159 e. The van der Waals surface area contributed by atoms with Crippen molar-refractivity contribution in [3.63, 3.8) is 0 Å². The Bertz CT molecular complexity index is 482. The zero-order chi connectivity index (χ0) is 11.7. The van der Waals surface area contributed by atoms with Crippen LogP contribution in [0.15, 0.2) is 54.1 Å². The molecule has 2 aliphatic rings. The lowest BCUT2D eigenvalue weighted by Crippen LogP contribution is -2.12. The molecule has 1 saturated carbocycles. The summed E-state index contributed by atoms with van der Waals surface area (Å²) < 4.78 is 0. The highest BCUT2D eigenvalue weighted by molar-refractivity contribution is 5.99. The molecule has 2 atom stereocenters. The molecule has 2 unspecified atom stereocenters. The minimum absolute atomic E-state index is 0.361. The number of carbonyl (C=O) groups is 1. The monoisotopic (exact) mass is 224 g/mol. The van der Waals surface area contributed by atoms with Crippen molar-refractivity contribution in [1.29, 1.82) is 0 Å². The van der Waals surface area contributed by atoms with Crippen LogP contribution in [-0.4, -0.2) is 5.78 Å². The first-order chi connectivity index (χ1) is 8.34. The van der Waals surface area contributed by atoms with Crippen molar-refractivity contribution in [2.24, 2.45) is 11.8 Å². The highest BCUT2D eigenvalue weighted by atomic mass is 16.1. The van der Waals surface area contributed by atoms with Crippen LogP contribution in [0.4, 0.5) is 0 Å². The molecule has 0 aromatic heterocycles. The standard InChI is InChI=1S/C16H16O/c17-16-11-13(10-12-6-2-1-3-7-12)14-8-4-5-9-15(14)16/h1-7,9,13-14H,8,10-11H2. The van der Waals surface area contributed by atoms with E-state index >= 15 is 0 Å². The van der Waals surface area contributed by atoms with Crippen molar-refractivity contribution in [3.05, 3.63) is 59.7 Å². The van der Waals surface area contributed by atoms with E-state index in [1.807, 2.05) is 18.2 Å². The molecule has 1 aromatic carbocycles. The van der Waals surface area contributed by atoms with Gasteiger partial charge in [-0.25, -0.2) is 0 Å². The van der Waals surface area contributed by atoms with E-state index in [0.717, 1.165) is 24.8 Å². The molecule has 0 heterocycles. The van der Waals surface area contributed by atoms with E-state index in [1.54, 1.807) is 0 Å². The van der Waals surface area contributed by atoms with Crippen LogP contribution in [0.3, 0.4) is 0 Å². The van der Waals surface area contributed by atoms with E-state index < -0.39 is 0 Å². The molecule has 1 aromatic rings. The van der Waals surface area contributed by atoms with E-state index in [1.165, 1.54) is 5.56 Å². The Morgan fingerprint density at radius 3 is 2.82 bits per heavy atom. The lowest BCUT2D eigenvalue weighted by molar-refractivity contribution is -0.114. The Labute approximate surface area is 102 Å². The Hall–Kier alpha value is -1.63. The van der Waals surface area contributed by atoms with Gasteiger partial charge in [0.1, 0.15) is 0 Å². The average molecular weight is 224 g/mol. The van der Waals surface area contributed by atoms with E-state index in [4.69, 9.17) is 0 Å². The van der Waals surface area contributed by atoms with Crippen LogP contribution < -0.4 is 0 Å². The zero-order valence-electron chi connectivity index (χ0n) is 9.80. The van der Waals surface area contributed by atoms with Gasteiger partial charge in [-0.2, -0.15) is 0 Å².